The summed E-state index contributed by atoms with van der Waals surface area (Å²) in [4.78, 5) is 12.7. The number of aromatic nitrogens is 3. The molecule has 0 saturated heterocycles. The number of carbonyl (C=O) groups excluding carboxylic acids is 1. The Balaban J connectivity index is 1.73. The Labute approximate surface area is 171 Å². The van der Waals surface area contributed by atoms with E-state index in [2.05, 4.69) is 29.4 Å². The number of thioether (sulfide) groups is 1. The molecule has 0 radical (unpaired) electrons. The summed E-state index contributed by atoms with van der Waals surface area (Å²) in [6.07, 6.45) is 4.73. The van der Waals surface area contributed by atoms with Crippen LogP contribution in [0, 0.1) is 5.92 Å². The van der Waals surface area contributed by atoms with Gasteiger partial charge in [-0.25, -0.2) is 0 Å². The summed E-state index contributed by atoms with van der Waals surface area (Å²) in [6, 6.07) is 8.07. The van der Waals surface area contributed by atoms with Crippen LogP contribution in [-0.4, -0.2) is 39.1 Å². The zero-order chi connectivity index (χ0) is 20.1. The molecule has 1 aromatic heterocycles. The minimum atomic E-state index is -0.228. The number of ether oxygens (including phenoxy) is 1. The van der Waals surface area contributed by atoms with E-state index in [1.165, 1.54) is 31.0 Å². The molecule has 1 amide bonds. The molecule has 1 aromatic carbocycles. The molecule has 1 fully saturated rings. The van der Waals surface area contributed by atoms with Crippen LogP contribution < -0.4 is 10.1 Å². The van der Waals surface area contributed by atoms with E-state index in [4.69, 9.17) is 4.74 Å². The highest BCUT2D eigenvalue weighted by molar-refractivity contribution is 8.00. The summed E-state index contributed by atoms with van der Waals surface area (Å²) < 4.78 is 7.51. The number of methoxy groups -OCH3 is 1. The van der Waals surface area contributed by atoms with E-state index in [1.807, 2.05) is 35.8 Å². The number of nitrogens with one attached hydrogen (secondary N) is 1. The zero-order valence-corrected chi connectivity index (χ0v) is 18.0. The Morgan fingerprint density at radius 2 is 2.07 bits per heavy atom. The van der Waals surface area contributed by atoms with Crippen LogP contribution in [0.2, 0.25) is 0 Å². The van der Waals surface area contributed by atoms with E-state index in [0.717, 1.165) is 35.3 Å². The largest absolute Gasteiger partial charge is 0.496 e. The molecule has 0 aliphatic heterocycles. The number of nitrogens with zero attached hydrogens (tertiary/aromatic N) is 3. The van der Waals surface area contributed by atoms with E-state index in [0.29, 0.717) is 5.92 Å². The highest BCUT2D eigenvalue weighted by atomic mass is 32.2. The van der Waals surface area contributed by atoms with Crippen molar-refractivity contribution in [3.05, 3.63) is 24.3 Å². The van der Waals surface area contributed by atoms with Gasteiger partial charge in [-0.15, -0.1) is 10.2 Å². The topological polar surface area (TPSA) is 69.0 Å². The first kappa shape index (κ1) is 20.7. The molecule has 152 valence electrons. The van der Waals surface area contributed by atoms with Gasteiger partial charge in [0, 0.05) is 12.6 Å². The monoisotopic (exact) mass is 402 g/mol. The Bertz CT molecular complexity index is 807. The van der Waals surface area contributed by atoms with Gasteiger partial charge in [-0.05, 0) is 44.7 Å². The number of amides is 1. The fraction of sp³-hybridized carbons (Fsp3) is 0.571. The highest BCUT2D eigenvalue weighted by Crippen LogP contribution is 2.32. The molecule has 1 saturated carbocycles. The van der Waals surface area contributed by atoms with E-state index in [-0.39, 0.29) is 17.2 Å². The van der Waals surface area contributed by atoms with E-state index >= 15 is 0 Å². The average molecular weight is 403 g/mol. The first-order valence-electron chi connectivity index (χ1n) is 10.1. The lowest BCUT2D eigenvalue weighted by molar-refractivity contribution is -0.121. The molecule has 3 rings (SSSR count). The quantitative estimate of drug-likeness (QED) is 0.705. The highest BCUT2D eigenvalue weighted by Gasteiger charge is 2.26. The summed E-state index contributed by atoms with van der Waals surface area (Å²) in [5.74, 6) is 2.15. The molecule has 28 heavy (non-hydrogen) atoms. The van der Waals surface area contributed by atoms with E-state index in [9.17, 15) is 4.79 Å². The number of para-hydroxylation sites is 1. The van der Waals surface area contributed by atoms with Gasteiger partial charge in [0.2, 0.25) is 5.91 Å². The Morgan fingerprint density at radius 1 is 1.32 bits per heavy atom. The lowest BCUT2D eigenvalue weighted by Crippen LogP contribution is -2.44. The van der Waals surface area contributed by atoms with Gasteiger partial charge >= 0.3 is 0 Å². The van der Waals surface area contributed by atoms with Gasteiger partial charge in [-0.2, -0.15) is 0 Å². The molecule has 3 unspecified atom stereocenters. The Morgan fingerprint density at radius 3 is 2.79 bits per heavy atom. The Kier molecular flexibility index (Phi) is 6.99. The number of benzene rings is 1. The molecule has 1 heterocycles. The molecule has 1 aliphatic carbocycles. The third-order valence-electron chi connectivity index (χ3n) is 5.47. The molecule has 1 aliphatic rings. The molecular weight excluding hydrogens is 372 g/mol. The average Bonchev–Trinajstić information content (AvgIpc) is 3.11. The maximum Gasteiger partial charge on any atom is 0.233 e. The third-order valence-corrected chi connectivity index (χ3v) is 6.55. The standard InChI is InChI=1S/C21H30N4O2S/c1-5-25-19(16-11-7-9-13-18(16)27-4)23-24-21(25)28-15(3)20(26)22-17-12-8-6-10-14(17)2/h7,9,11,13-15,17H,5-6,8,10,12H2,1-4H3,(H,22,26). The fourth-order valence-corrected chi connectivity index (χ4v) is 4.65. The van der Waals surface area contributed by atoms with Crippen molar-refractivity contribution >= 4 is 17.7 Å². The van der Waals surface area contributed by atoms with Gasteiger partial charge in [0.25, 0.3) is 0 Å². The van der Waals surface area contributed by atoms with Crippen molar-refractivity contribution in [3.8, 4) is 17.1 Å². The first-order valence-corrected chi connectivity index (χ1v) is 11.0. The lowest BCUT2D eigenvalue weighted by Gasteiger charge is -2.30. The number of carbonyl (C=O) groups is 1. The van der Waals surface area contributed by atoms with Crippen molar-refractivity contribution in [2.45, 2.75) is 69.4 Å². The zero-order valence-electron chi connectivity index (χ0n) is 17.1. The predicted molar refractivity (Wildman–Crippen MR) is 113 cm³/mol. The summed E-state index contributed by atoms with van der Waals surface area (Å²) in [7, 11) is 1.65. The van der Waals surface area contributed by atoms with Crippen LogP contribution in [0.15, 0.2) is 29.4 Å². The van der Waals surface area contributed by atoms with E-state index < -0.39 is 0 Å². The lowest BCUT2D eigenvalue weighted by atomic mass is 9.86. The molecule has 6 nitrogen and oxygen atoms in total. The third kappa shape index (κ3) is 4.51. The first-order chi connectivity index (χ1) is 13.5. The summed E-state index contributed by atoms with van der Waals surface area (Å²) in [6.45, 7) is 6.94. The number of hydrogen-bond donors (Lipinski definition) is 1. The van der Waals surface area contributed by atoms with Crippen molar-refractivity contribution in [2.24, 2.45) is 5.92 Å². The maximum atomic E-state index is 12.7. The molecule has 7 heteroatoms. The van der Waals surface area contributed by atoms with Crippen LogP contribution >= 0.6 is 11.8 Å². The summed E-state index contributed by atoms with van der Waals surface area (Å²) in [5, 5.41) is 12.5. The maximum absolute atomic E-state index is 12.7. The van der Waals surface area contributed by atoms with Crippen LogP contribution in [0.4, 0.5) is 0 Å². The second-order valence-electron chi connectivity index (χ2n) is 7.39. The normalized spacial score (nSPS) is 20.6. The molecule has 1 N–H and O–H groups in total. The van der Waals surface area contributed by atoms with E-state index in [1.54, 1.807) is 7.11 Å². The van der Waals surface area contributed by atoms with Crippen molar-refractivity contribution in [1.29, 1.82) is 0 Å². The minimum absolute atomic E-state index is 0.0771. The molecule has 0 bridgehead atoms. The van der Waals surface area contributed by atoms with Crippen LogP contribution in [0.5, 0.6) is 5.75 Å². The summed E-state index contributed by atoms with van der Waals surface area (Å²) in [5.41, 5.74) is 0.902. The van der Waals surface area contributed by atoms with Crippen molar-refractivity contribution in [3.63, 3.8) is 0 Å². The number of hydrogen-bond acceptors (Lipinski definition) is 5. The van der Waals surface area contributed by atoms with Gasteiger partial charge in [0.15, 0.2) is 11.0 Å². The molecule has 3 atom stereocenters. The minimum Gasteiger partial charge on any atom is -0.496 e. The van der Waals surface area contributed by atoms with Crippen molar-refractivity contribution < 1.29 is 9.53 Å². The Hall–Kier alpha value is -2.02. The second-order valence-corrected chi connectivity index (χ2v) is 8.70. The van der Waals surface area contributed by atoms with Crippen LogP contribution in [0.3, 0.4) is 0 Å². The fourth-order valence-electron chi connectivity index (χ4n) is 3.73. The smallest absolute Gasteiger partial charge is 0.233 e. The number of rotatable bonds is 7. The summed E-state index contributed by atoms with van der Waals surface area (Å²) >= 11 is 1.46. The predicted octanol–water partition coefficient (Wildman–Crippen LogP) is 4.15. The SMILES string of the molecule is CCn1c(SC(C)C(=O)NC2CCCCC2C)nnc1-c1ccccc1OC. The van der Waals surface area contributed by atoms with Gasteiger partial charge in [-0.1, -0.05) is 43.7 Å². The van der Waals surface area contributed by atoms with Gasteiger partial charge < -0.3 is 14.6 Å². The van der Waals surface area contributed by atoms with Gasteiger partial charge in [0.05, 0.1) is 17.9 Å². The van der Waals surface area contributed by atoms with Crippen molar-refractivity contribution in [1.82, 2.24) is 20.1 Å². The molecule has 2 aromatic rings. The van der Waals surface area contributed by atoms with Crippen LogP contribution in [-0.2, 0) is 11.3 Å². The van der Waals surface area contributed by atoms with Crippen LogP contribution in [0.1, 0.15) is 46.5 Å². The van der Waals surface area contributed by atoms with Gasteiger partial charge in [-0.3, -0.25) is 4.79 Å². The molecular formula is C21H30N4O2S. The molecule has 0 spiro atoms. The van der Waals surface area contributed by atoms with Gasteiger partial charge in [0.1, 0.15) is 5.75 Å². The second kappa shape index (κ2) is 9.45. The van der Waals surface area contributed by atoms with Crippen molar-refractivity contribution in [2.75, 3.05) is 7.11 Å². The van der Waals surface area contributed by atoms with Crippen LogP contribution in [0.25, 0.3) is 11.4 Å².